The molecule has 1 N–H and O–H groups in total. The number of amides is 1. The smallest absolute Gasteiger partial charge is 0.228 e. The van der Waals surface area contributed by atoms with Crippen LogP contribution in [0.2, 0.25) is 0 Å². The maximum absolute atomic E-state index is 11.7. The predicted molar refractivity (Wildman–Crippen MR) is 59.9 cm³/mol. The van der Waals surface area contributed by atoms with E-state index in [0.29, 0.717) is 5.76 Å². The Morgan fingerprint density at radius 1 is 1.69 bits per heavy atom. The van der Waals surface area contributed by atoms with Crippen molar-refractivity contribution < 1.29 is 9.32 Å². The first-order chi connectivity index (χ1) is 7.74. The number of allylic oxidation sites excluding steroid dienone is 1. The van der Waals surface area contributed by atoms with E-state index in [9.17, 15) is 4.79 Å². The van der Waals surface area contributed by atoms with Crippen LogP contribution in [0.25, 0.3) is 0 Å². The molecule has 4 heteroatoms. The summed E-state index contributed by atoms with van der Waals surface area (Å²) < 4.78 is 5.00. The molecule has 1 aromatic heterocycles. The molecule has 0 bridgehead atoms. The minimum Gasteiger partial charge on any atom is -0.361 e. The lowest BCUT2D eigenvalue weighted by atomic mass is 10.0. The van der Waals surface area contributed by atoms with Gasteiger partial charge in [-0.3, -0.25) is 4.79 Å². The standard InChI is InChI=1S/C12H16N2O2/c1-9-7-11(16-14-9)8-12(15)13-10-5-3-2-4-6-10/h3,5,7,10H,2,4,6,8H2,1H3,(H,13,15). The molecule has 1 unspecified atom stereocenters. The van der Waals surface area contributed by atoms with Crippen molar-refractivity contribution in [1.82, 2.24) is 10.5 Å². The van der Waals surface area contributed by atoms with Crippen LogP contribution in [0.15, 0.2) is 22.7 Å². The number of hydrogen-bond acceptors (Lipinski definition) is 3. The average Bonchev–Trinajstić information content (AvgIpc) is 2.65. The molecule has 16 heavy (non-hydrogen) atoms. The van der Waals surface area contributed by atoms with Gasteiger partial charge in [0.25, 0.3) is 0 Å². The number of aryl methyl sites for hydroxylation is 1. The third-order valence-electron chi connectivity index (χ3n) is 2.61. The van der Waals surface area contributed by atoms with E-state index >= 15 is 0 Å². The fourth-order valence-corrected chi connectivity index (χ4v) is 1.85. The van der Waals surface area contributed by atoms with E-state index in [1.165, 1.54) is 0 Å². The SMILES string of the molecule is Cc1cc(CC(=O)NC2C=CCCC2)on1. The zero-order chi connectivity index (χ0) is 11.4. The summed E-state index contributed by atoms with van der Waals surface area (Å²) in [6.07, 6.45) is 7.74. The summed E-state index contributed by atoms with van der Waals surface area (Å²) in [5.74, 6) is 0.613. The maximum Gasteiger partial charge on any atom is 0.228 e. The molecule has 2 rings (SSSR count). The van der Waals surface area contributed by atoms with Gasteiger partial charge in [0.15, 0.2) is 0 Å². The molecular weight excluding hydrogens is 204 g/mol. The summed E-state index contributed by atoms with van der Waals surface area (Å²) in [4.78, 5) is 11.7. The van der Waals surface area contributed by atoms with E-state index in [4.69, 9.17) is 4.52 Å². The van der Waals surface area contributed by atoms with E-state index in [0.717, 1.165) is 25.0 Å². The molecule has 0 aliphatic heterocycles. The van der Waals surface area contributed by atoms with Gasteiger partial charge in [0.1, 0.15) is 5.76 Å². The highest BCUT2D eigenvalue weighted by Crippen LogP contribution is 2.10. The van der Waals surface area contributed by atoms with Crippen molar-refractivity contribution in [2.45, 2.75) is 38.6 Å². The van der Waals surface area contributed by atoms with Crippen LogP contribution in [0.4, 0.5) is 0 Å². The molecule has 1 aliphatic rings. The first-order valence-corrected chi connectivity index (χ1v) is 5.62. The summed E-state index contributed by atoms with van der Waals surface area (Å²) in [6.45, 7) is 1.84. The lowest BCUT2D eigenvalue weighted by molar-refractivity contribution is -0.121. The van der Waals surface area contributed by atoms with Crippen LogP contribution in [-0.2, 0) is 11.2 Å². The van der Waals surface area contributed by atoms with Crippen molar-refractivity contribution in [2.24, 2.45) is 0 Å². The van der Waals surface area contributed by atoms with Gasteiger partial charge in [0, 0.05) is 12.1 Å². The summed E-state index contributed by atoms with van der Waals surface area (Å²) >= 11 is 0. The highest BCUT2D eigenvalue weighted by molar-refractivity contribution is 5.78. The highest BCUT2D eigenvalue weighted by atomic mass is 16.5. The van der Waals surface area contributed by atoms with Crippen molar-refractivity contribution in [3.05, 3.63) is 29.7 Å². The number of nitrogens with zero attached hydrogens (tertiary/aromatic N) is 1. The minimum atomic E-state index is -0.00676. The molecule has 1 heterocycles. The van der Waals surface area contributed by atoms with Crippen LogP contribution < -0.4 is 5.32 Å². The molecule has 0 aromatic carbocycles. The number of aromatic nitrogens is 1. The van der Waals surface area contributed by atoms with Crippen LogP contribution in [0, 0.1) is 6.92 Å². The largest absolute Gasteiger partial charge is 0.361 e. The van der Waals surface area contributed by atoms with Gasteiger partial charge >= 0.3 is 0 Å². The van der Waals surface area contributed by atoms with E-state index in [1.807, 2.05) is 6.92 Å². The summed E-state index contributed by atoms with van der Waals surface area (Å²) in [6, 6.07) is 1.97. The van der Waals surface area contributed by atoms with E-state index in [1.54, 1.807) is 6.07 Å². The molecule has 1 atom stereocenters. The Hall–Kier alpha value is -1.58. The Morgan fingerprint density at radius 2 is 2.56 bits per heavy atom. The van der Waals surface area contributed by atoms with Crippen molar-refractivity contribution in [3.8, 4) is 0 Å². The fourth-order valence-electron chi connectivity index (χ4n) is 1.85. The summed E-state index contributed by atoms with van der Waals surface area (Å²) in [5, 5.41) is 6.71. The number of rotatable bonds is 3. The zero-order valence-electron chi connectivity index (χ0n) is 9.40. The van der Waals surface area contributed by atoms with Crippen LogP contribution in [-0.4, -0.2) is 17.1 Å². The first kappa shape index (κ1) is 10.9. The molecular formula is C12H16N2O2. The van der Waals surface area contributed by atoms with Crippen molar-refractivity contribution in [2.75, 3.05) is 0 Å². The number of nitrogens with one attached hydrogen (secondary N) is 1. The third kappa shape index (κ3) is 2.95. The second-order valence-corrected chi connectivity index (χ2v) is 4.14. The Kier molecular flexibility index (Phi) is 3.39. The Labute approximate surface area is 94.7 Å². The molecule has 1 aliphatic carbocycles. The van der Waals surface area contributed by atoms with Crippen molar-refractivity contribution in [1.29, 1.82) is 0 Å². The zero-order valence-corrected chi connectivity index (χ0v) is 9.40. The summed E-state index contributed by atoms with van der Waals surface area (Å²) in [7, 11) is 0. The fraction of sp³-hybridized carbons (Fsp3) is 0.500. The van der Waals surface area contributed by atoms with Gasteiger partial charge in [-0.25, -0.2) is 0 Å². The molecule has 1 amide bonds. The second kappa shape index (κ2) is 4.96. The van der Waals surface area contributed by atoms with E-state index in [2.05, 4.69) is 22.6 Å². The molecule has 86 valence electrons. The lowest BCUT2D eigenvalue weighted by Gasteiger charge is -2.17. The topological polar surface area (TPSA) is 55.1 Å². The van der Waals surface area contributed by atoms with Gasteiger partial charge in [-0.1, -0.05) is 17.3 Å². The molecule has 0 radical (unpaired) electrons. The van der Waals surface area contributed by atoms with Gasteiger partial charge in [0.2, 0.25) is 5.91 Å². The van der Waals surface area contributed by atoms with Crippen LogP contribution >= 0.6 is 0 Å². The van der Waals surface area contributed by atoms with Crippen molar-refractivity contribution >= 4 is 5.91 Å². The maximum atomic E-state index is 11.7. The van der Waals surface area contributed by atoms with Crippen LogP contribution in [0.1, 0.15) is 30.7 Å². The average molecular weight is 220 g/mol. The molecule has 0 saturated heterocycles. The van der Waals surface area contributed by atoms with Crippen LogP contribution in [0.3, 0.4) is 0 Å². The summed E-state index contributed by atoms with van der Waals surface area (Å²) in [5.41, 5.74) is 0.806. The first-order valence-electron chi connectivity index (χ1n) is 5.62. The Bertz CT molecular complexity index is 395. The number of carbonyl (C=O) groups is 1. The van der Waals surface area contributed by atoms with Gasteiger partial charge in [-0.15, -0.1) is 0 Å². The van der Waals surface area contributed by atoms with Crippen LogP contribution in [0.5, 0.6) is 0 Å². The molecule has 0 saturated carbocycles. The van der Waals surface area contributed by atoms with Gasteiger partial charge in [-0.2, -0.15) is 0 Å². The van der Waals surface area contributed by atoms with Crippen molar-refractivity contribution in [3.63, 3.8) is 0 Å². The van der Waals surface area contributed by atoms with Gasteiger partial charge in [-0.05, 0) is 26.2 Å². The normalized spacial score (nSPS) is 19.7. The molecule has 0 fully saturated rings. The molecule has 4 nitrogen and oxygen atoms in total. The Balaban J connectivity index is 1.84. The minimum absolute atomic E-state index is 0.00676. The van der Waals surface area contributed by atoms with Gasteiger partial charge in [0.05, 0.1) is 12.1 Å². The quantitative estimate of drug-likeness (QED) is 0.789. The molecule has 0 spiro atoms. The number of hydrogen-bond donors (Lipinski definition) is 1. The number of carbonyl (C=O) groups excluding carboxylic acids is 1. The second-order valence-electron chi connectivity index (χ2n) is 4.14. The van der Waals surface area contributed by atoms with E-state index in [-0.39, 0.29) is 18.4 Å². The monoisotopic (exact) mass is 220 g/mol. The Morgan fingerprint density at radius 3 is 3.19 bits per heavy atom. The highest BCUT2D eigenvalue weighted by Gasteiger charge is 2.13. The van der Waals surface area contributed by atoms with E-state index < -0.39 is 0 Å². The third-order valence-corrected chi connectivity index (χ3v) is 2.61. The van der Waals surface area contributed by atoms with Gasteiger partial charge < -0.3 is 9.84 Å². The lowest BCUT2D eigenvalue weighted by Crippen LogP contribution is -2.35. The molecule has 1 aromatic rings. The predicted octanol–water partition coefficient (Wildman–Crippen LogP) is 1.75.